The fraction of sp³-hybridized carbons (Fsp3) is 0.154. The number of ether oxygens (including phenoxy) is 1. The second-order valence-corrected chi connectivity index (χ2v) is 7.94. The lowest BCUT2D eigenvalue weighted by Crippen LogP contribution is -2.32. The molecular formula is C26H24FN3O3. The summed E-state index contributed by atoms with van der Waals surface area (Å²) in [6.45, 7) is 1.92. The molecule has 168 valence electrons. The maximum Gasteiger partial charge on any atom is 0.282 e. The van der Waals surface area contributed by atoms with Gasteiger partial charge in [0, 0.05) is 19.8 Å². The third kappa shape index (κ3) is 4.17. The number of carbonyl (C=O) groups is 2. The number of methoxy groups -OCH3 is 1. The number of halogens is 1. The van der Waals surface area contributed by atoms with Crippen LogP contribution < -0.4 is 19.9 Å². The maximum atomic E-state index is 13.6. The Morgan fingerprint density at radius 1 is 0.909 bits per heavy atom. The predicted molar refractivity (Wildman–Crippen MR) is 128 cm³/mol. The van der Waals surface area contributed by atoms with Crippen LogP contribution in [0.4, 0.5) is 21.5 Å². The van der Waals surface area contributed by atoms with Gasteiger partial charge >= 0.3 is 0 Å². The number of nitrogens with one attached hydrogen (secondary N) is 1. The Hall–Kier alpha value is -4.13. The van der Waals surface area contributed by atoms with Crippen molar-refractivity contribution in [2.24, 2.45) is 0 Å². The molecule has 3 aromatic carbocycles. The van der Waals surface area contributed by atoms with Crippen LogP contribution in [0.5, 0.6) is 5.75 Å². The molecule has 0 bridgehead atoms. The highest BCUT2D eigenvalue weighted by Gasteiger charge is 2.40. The fourth-order valence-corrected chi connectivity index (χ4v) is 3.72. The van der Waals surface area contributed by atoms with Gasteiger partial charge in [0.05, 0.1) is 24.1 Å². The molecule has 0 aliphatic carbocycles. The Kier molecular flexibility index (Phi) is 5.87. The van der Waals surface area contributed by atoms with Crippen LogP contribution in [0.2, 0.25) is 0 Å². The standard InChI is InChI=1S/C26H24FN3O3/c1-16-5-14-22(33-4)21(15-16)28-24-23(17-6-8-18(27)9-7-17)25(31)30(26(24)32)20-12-10-19(11-13-20)29(2)3/h5-15,28H,1-4H3. The minimum atomic E-state index is -0.500. The van der Waals surface area contributed by atoms with Crippen molar-refractivity contribution in [1.29, 1.82) is 0 Å². The largest absolute Gasteiger partial charge is 0.495 e. The Balaban J connectivity index is 1.82. The van der Waals surface area contributed by atoms with Crippen LogP contribution in [0.1, 0.15) is 11.1 Å². The molecule has 0 saturated heterocycles. The number of hydrogen-bond acceptors (Lipinski definition) is 5. The Morgan fingerprint density at radius 2 is 1.58 bits per heavy atom. The van der Waals surface area contributed by atoms with Crippen molar-refractivity contribution in [2.45, 2.75) is 6.92 Å². The van der Waals surface area contributed by atoms with E-state index in [1.165, 1.54) is 31.4 Å². The molecule has 1 heterocycles. The fourth-order valence-electron chi connectivity index (χ4n) is 3.72. The molecule has 4 rings (SSSR count). The van der Waals surface area contributed by atoms with Crippen LogP contribution in [-0.2, 0) is 9.59 Å². The van der Waals surface area contributed by atoms with Gasteiger partial charge in [0.25, 0.3) is 11.8 Å². The third-order valence-corrected chi connectivity index (χ3v) is 5.46. The van der Waals surface area contributed by atoms with E-state index in [2.05, 4.69) is 5.32 Å². The van der Waals surface area contributed by atoms with Gasteiger partial charge in [-0.05, 0) is 66.6 Å². The number of imide groups is 1. The van der Waals surface area contributed by atoms with Crippen LogP contribution in [0.25, 0.3) is 5.57 Å². The lowest BCUT2D eigenvalue weighted by molar-refractivity contribution is -0.120. The van der Waals surface area contributed by atoms with Crippen LogP contribution in [0.3, 0.4) is 0 Å². The lowest BCUT2D eigenvalue weighted by atomic mass is 10.0. The molecule has 0 saturated carbocycles. The van der Waals surface area contributed by atoms with E-state index in [-0.39, 0.29) is 11.3 Å². The Labute approximate surface area is 191 Å². The number of carbonyl (C=O) groups excluding carboxylic acids is 2. The average molecular weight is 445 g/mol. The van der Waals surface area contributed by atoms with Gasteiger partial charge in [-0.3, -0.25) is 9.59 Å². The zero-order valence-electron chi connectivity index (χ0n) is 18.8. The van der Waals surface area contributed by atoms with Gasteiger partial charge in [0.2, 0.25) is 0 Å². The number of amides is 2. The minimum absolute atomic E-state index is 0.104. The average Bonchev–Trinajstić information content (AvgIpc) is 3.04. The summed E-state index contributed by atoms with van der Waals surface area (Å²) in [5, 5.41) is 3.11. The van der Waals surface area contributed by atoms with Gasteiger partial charge in [-0.15, -0.1) is 0 Å². The summed E-state index contributed by atoms with van der Waals surface area (Å²) in [4.78, 5) is 30.1. The smallest absolute Gasteiger partial charge is 0.282 e. The summed E-state index contributed by atoms with van der Waals surface area (Å²) in [5.74, 6) is -0.887. The molecule has 33 heavy (non-hydrogen) atoms. The molecule has 0 spiro atoms. The molecule has 6 nitrogen and oxygen atoms in total. The van der Waals surface area contributed by atoms with Crippen molar-refractivity contribution in [3.05, 3.63) is 89.4 Å². The molecule has 0 unspecified atom stereocenters. The van der Waals surface area contributed by atoms with E-state index in [0.29, 0.717) is 22.7 Å². The molecule has 1 N–H and O–H groups in total. The zero-order chi connectivity index (χ0) is 23.7. The van der Waals surface area contributed by atoms with Crippen LogP contribution >= 0.6 is 0 Å². The van der Waals surface area contributed by atoms with E-state index < -0.39 is 17.6 Å². The quantitative estimate of drug-likeness (QED) is 0.562. The third-order valence-electron chi connectivity index (χ3n) is 5.46. The molecule has 1 aliphatic rings. The first-order chi connectivity index (χ1) is 15.8. The van der Waals surface area contributed by atoms with Crippen LogP contribution in [-0.4, -0.2) is 33.0 Å². The van der Waals surface area contributed by atoms with E-state index in [1.807, 2.05) is 50.2 Å². The van der Waals surface area contributed by atoms with Gasteiger partial charge in [0.15, 0.2) is 0 Å². The monoisotopic (exact) mass is 445 g/mol. The number of benzene rings is 3. The number of hydrogen-bond donors (Lipinski definition) is 1. The second-order valence-electron chi connectivity index (χ2n) is 7.94. The van der Waals surface area contributed by atoms with Gasteiger partial charge in [-0.1, -0.05) is 18.2 Å². The van der Waals surface area contributed by atoms with Gasteiger partial charge in [0.1, 0.15) is 17.3 Å². The maximum absolute atomic E-state index is 13.6. The molecule has 3 aromatic rings. The molecule has 2 amide bonds. The summed E-state index contributed by atoms with van der Waals surface area (Å²) in [6, 6.07) is 18.1. The van der Waals surface area contributed by atoms with Crippen LogP contribution in [0.15, 0.2) is 72.4 Å². The Morgan fingerprint density at radius 3 is 2.18 bits per heavy atom. The summed E-state index contributed by atoms with van der Waals surface area (Å²) in [7, 11) is 5.35. The molecule has 0 aromatic heterocycles. The normalized spacial score (nSPS) is 13.5. The molecule has 1 aliphatic heterocycles. The first-order valence-corrected chi connectivity index (χ1v) is 10.4. The highest BCUT2D eigenvalue weighted by molar-refractivity contribution is 6.46. The van der Waals surface area contributed by atoms with Gasteiger partial charge in [-0.25, -0.2) is 9.29 Å². The zero-order valence-corrected chi connectivity index (χ0v) is 18.8. The summed E-state index contributed by atoms with van der Waals surface area (Å²) >= 11 is 0. The Bertz CT molecular complexity index is 1250. The topological polar surface area (TPSA) is 61.9 Å². The van der Waals surface area contributed by atoms with E-state index >= 15 is 0 Å². The molecular weight excluding hydrogens is 421 g/mol. The highest BCUT2D eigenvalue weighted by Crippen LogP contribution is 2.36. The van der Waals surface area contributed by atoms with Crippen molar-refractivity contribution in [1.82, 2.24) is 0 Å². The van der Waals surface area contributed by atoms with Crippen molar-refractivity contribution in [2.75, 3.05) is 36.3 Å². The summed E-state index contributed by atoms with van der Waals surface area (Å²) in [5.41, 5.74) is 3.60. The van der Waals surface area contributed by atoms with Crippen molar-refractivity contribution < 1.29 is 18.7 Å². The van der Waals surface area contributed by atoms with E-state index in [1.54, 1.807) is 18.2 Å². The highest BCUT2D eigenvalue weighted by atomic mass is 19.1. The van der Waals surface area contributed by atoms with E-state index in [9.17, 15) is 14.0 Å². The van der Waals surface area contributed by atoms with Gasteiger partial charge in [-0.2, -0.15) is 0 Å². The van der Waals surface area contributed by atoms with Crippen molar-refractivity contribution in [3.8, 4) is 5.75 Å². The molecule has 0 atom stereocenters. The number of anilines is 3. The van der Waals surface area contributed by atoms with E-state index in [0.717, 1.165) is 16.2 Å². The number of nitrogens with zero attached hydrogens (tertiary/aromatic N) is 2. The number of rotatable bonds is 6. The molecule has 0 radical (unpaired) electrons. The summed E-state index contributed by atoms with van der Waals surface area (Å²) in [6.07, 6.45) is 0. The molecule has 0 fully saturated rings. The van der Waals surface area contributed by atoms with Gasteiger partial charge < -0.3 is 15.0 Å². The first kappa shape index (κ1) is 22.1. The summed E-state index contributed by atoms with van der Waals surface area (Å²) < 4.78 is 19.0. The first-order valence-electron chi connectivity index (χ1n) is 10.4. The molecule has 7 heteroatoms. The van der Waals surface area contributed by atoms with E-state index in [4.69, 9.17) is 4.74 Å². The van der Waals surface area contributed by atoms with Crippen molar-refractivity contribution >= 4 is 34.4 Å². The van der Waals surface area contributed by atoms with Crippen LogP contribution in [0, 0.1) is 12.7 Å². The minimum Gasteiger partial charge on any atom is -0.495 e. The lowest BCUT2D eigenvalue weighted by Gasteiger charge is -2.18. The SMILES string of the molecule is COc1ccc(C)cc1NC1=C(c2ccc(F)cc2)C(=O)N(c2ccc(N(C)C)cc2)C1=O. The number of aryl methyl sites for hydroxylation is 1. The predicted octanol–water partition coefficient (Wildman–Crippen LogP) is 4.61. The van der Waals surface area contributed by atoms with Crippen molar-refractivity contribution in [3.63, 3.8) is 0 Å². The second kappa shape index (κ2) is 8.78.